The zero-order valence-corrected chi connectivity index (χ0v) is 7.35. The molecule has 1 N–H and O–H groups in total. The molecule has 0 spiro atoms. The fraction of sp³-hybridized carbons (Fsp3) is 0.444. The number of aromatic nitrogens is 1. The summed E-state index contributed by atoms with van der Waals surface area (Å²) in [7, 11) is 0. The van der Waals surface area contributed by atoms with Crippen LogP contribution in [0.25, 0.3) is 0 Å². The summed E-state index contributed by atoms with van der Waals surface area (Å²) in [6.07, 6.45) is 1.85. The van der Waals surface area contributed by atoms with Crippen LogP contribution in [0, 0.1) is 13.8 Å². The van der Waals surface area contributed by atoms with Crippen LogP contribution in [-0.4, -0.2) is 18.1 Å². The van der Waals surface area contributed by atoms with E-state index in [9.17, 15) is 0 Å². The molecule has 0 aliphatic carbocycles. The van der Waals surface area contributed by atoms with E-state index in [0.717, 1.165) is 18.1 Å². The summed E-state index contributed by atoms with van der Waals surface area (Å²) in [5, 5.41) is 3.28. The quantitative estimate of drug-likeness (QED) is 0.631. The van der Waals surface area contributed by atoms with Gasteiger partial charge in [0.1, 0.15) is 12.3 Å². The first-order chi connectivity index (χ1) is 5.79. The summed E-state index contributed by atoms with van der Waals surface area (Å²) in [6, 6.07) is 0. The Kier molecular flexibility index (Phi) is 1.64. The molecule has 0 radical (unpaired) electrons. The predicted molar refractivity (Wildman–Crippen MR) is 47.7 cm³/mol. The average Bonchev–Trinajstić information content (AvgIpc) is 2.12. The maximum Gasteiger partial charge on any atom is 0.237 e. The number of rotatable bonds is 0. The highest BCUT2D eigenvalue weighted by molar-refractivity contribution is 5.61. The van der Waals surface area contributed by atoms with Gasteiger partial charge in [0.25, 0.3) is 0 Å². The molecule has 0 aromatic carbocycles. The van der Waals surface area contributed by atoms with E-state index in [4.69, 9.17) is 4.74 Å². The van der Waals surface area contributed by atoms with Gasteiger partial charge >= 0.3 is 0 Å². The molecule has 0 fully saturated rings. The minimum atomic E-state index is 0.711. The lowest BCUT2D eigenvalue weighted by Gasteiger charge is -2.20. The third-order valence-electron chi connectivity index (χ3n) is 2.20. The minimum absolute atomic E-state index is 0.711. The number of nitrogens with one attached hydrogen (secondary N) is 1. The van der Waals surface area contributed by atoms with Crippen LogP contribution < -0.4 is 10.1 Å². The molecular weight excluding hydrogens is 152 g/mol. The number of anilines is 1. The molecule has 0 saturated carbocycles. The maximum absolute atomic E-state index is 5.39. The van der Waals surface area contributed by atoms with E-state index in [2.05, 4.69) is 24.1 Å². The molecular formula is C9H12N2O. The van der Waals surface area contributed by atoms with Gasteiger partial charge in [0.15, 0.2) is 0 Å². The number of ether oxygens (including phenoxy) is 1. The fourth-order valence-corrected chi connectivity index (χ4v) is 1.32. The maximum atomic E-state index is 5.39. The highest BCUT2D eigenvalue weighted by atomic mass is 16.5. The van der Waals surface area contributed by atoms with Gasteiger partial charge in [0.2, 0.25) is 5.88 Å². The zero-order valence-electron chi connectivity index (χ0n) is 7.35. The summed E-state index contributed by atoms with van der Waals surface area (Å²) in [6.45, 7) is 5.72. The lowest BCUT2D eigenvalue weighted by Crippen LogP contribution is -2.20. The van der Waals surface area contributed by atoms with Crippen LogP contribution >= 0.6 is 0 Å². The molecule has 0 atom stereocenters. The van der Waals surface area contributed by atoms with Crippen molar-refractivity contribution in [3.63, 3.8) is 0 Å². The summed E-state index contributed by atoms with van der Waals surface area (Å²) < 4.78 is 5.39. The number of hydrogen-bond donors (Lipinski definition) is 1. The summed E-state index contributed by atoms with van der Waals surface area (Å²) in [5.74, 6) is 0.740. The Morgan fingerprint density at radius 2 is 2.33 bits per heavy atom. The van der Waals surface area contributed by atoms with E-state index >= 15 is 0 Å². The highest BCUT2D eigenvalue weighted by Crippen LogP contribution is 2.29. The third-order valence-corrected chi connectivity index (χ3v) is 2.20. The minimum Gasteiger partial charge on any atom is -0.474 e. The molecule has 1 aromatic heterocycles. The Hall–Kier alpha value is -1.25. The molecule has 12 heavy (non-hydrogen) atoms. The summed E-state index contributed by atoms with van der Waals surface area (Å²) in [5.41, 5.74) is 3.49. The van der Waals surface area contributed by atoms with Gasteiger partial charge in [-0.15, -0.1) is 0 Å². The second-order valence-corrected chi connectivity index (χ2v) is 3.02. The summed E-state index contributed by atoms with van der Waals surface area (Å²) in [4.78, 5) is 4.19. The van der Waals surface area contributed by atoms with Gasteiger partial charge in [-0.1, -0.05) is 0 Å². The van der Waals surface area contributed by atoms with Crippen LogP contribution in [-0.2, 0) is 0 Å². The molecule has 1 aliphatic heterocycles. The van der Waals surface area contributed by atoms with E-state index < -0.39 is 0 Å². The average molecular weight is 164 g/mol. The molecule has 3 heteroatoms. The standard InChI is InChI=1S/C9H12N2O/c1-6-5-11-9-8(7(6)2)10-3-4-12-9/h5,10H,3-4H2,1-2H3. The topological polar surface area (TPSA) is 34.2 Å². The molecule has 2 heterocycles. The number of pyridine rings is 1. The van der Waals surface area contributed by atoms with Crippen LogP contribution in [0.1, 0.15) is 11.1 Å². The predicted octanol–water partition coefficient (Wildman–Crippen LogP) is 1.50. The van der Waals surface area contributed by atoms with Crippen molar-refractivity contribution in [1.29, 1.82) is 0 Å². The van der Waals surface area contributed by atoms with Crippen molar-refractivity contribution in [1.82, 2.24) is 4.98 Å². The largest absolute Gasteiger partial charge is 0.474 e. The first-order valence-corrected chi connectivity index (χ1v) is 4.12. The van der Waals surface area contributed by atoms with E-state index in [1.165, 1.54) is 11.1 Å². The van der Waals surface area contributed by atoms with Crippen LogP contribution in [0.15, 0.2) is 6.20 Å². The Balaban J connectivity index is 2.54. The van der Waals surface area contributed by atoms with Gasteiger partial charge in [-0.05, 0) is 25.0 Å². The molecule has 0 bridgehead atoms. The summed E-state index contributed by atoms with van der Waals surface area (Å²) >= 11 is 0. The van der Waals surface area contributed by atoms with Crippen LogP contribution in [0.2, 0.25) is 0 Å². The lowest BCUT2D eigenvalue weighted by molar-refractivity contribution is 0.310. The van der Waals surface area contributed by atoms with Gasteiger partial charge in [-0.3, -0.25) is 0 Å². The highest BCUT2D eigenvalue weighted by Gasteiger charge is 2.13. The van der Waals surface area contributed by atoms with Crippen molar-refractivity contribution in [2.45, 2.75) is 13.8 Å². The number of hydrogen-bond acceptors (Lipinski definition) is 3. The fourth-order valence-electron chi connectivity index (χ4n) is 1.32. The van der Waals surface area contributed by atoms with E-state index in [1.807, 2.05) is 6.20 Å². The van der Waals surface area contributed by atoms with Crippen molar-refractivity contribution >= 4 is 5.69 Å². The Morgan fingerprint density at radius 3 is 3.17 bits per heavy atom. The van der Waals surface area contributed by atoms with Crippen molar-refractivity contribution in [3.05, 3.63) is 17.3 Å². The number of aryl methyl sites for hydroxylation is 1. The normalized spacial score (nSPS) is 14.5. The van der Waals surface area contributed by atoms with Crippen molar-refractivity contribution < 1.29 is 4.74 Å². The molecule has 0 amide bonds. The second-order valence-electron chi connectivity index (χ2n) is 3.02. The molecule has 3 nitrogen and oxygen atoms in total. The van der Waals surface area contributed by atoms with Crippen molar-refractivity contribution in [2.75, 3.05) is 18.5 Å². The van der Waals surface area contributed by atoms with Crippen LogP contribution in [0.3, 0.4) is 0 Å². The van der Waals surface area contributed by atoms with Crippen LogP contribution in [0.5, 0.6) is 5.88 Å². The molecule has 0 unspecified atom stereocenters. The van der Waals surface area contributed by atoms with E-state index in [1.54, 1.807) is 0 Å². The number of nitrogens with zero attached hydrogens (tertiary/aromatic N) is 1. The first kappa shape index (κ1) is 7.40. The molecule has 2 rings (SSSR count). The van der Waals surface area contributed by atoms with Crippen molar-refractivity contribution in [2.24, 2.45) is 0 Å². The van der Waals surface area contributed by atoms with Crippen molar-refractivity contribution in [3.8, 4) is 5.88 Å². The van der Waals surface area contributed by atoms with Crippen LogP contribution in [0.4, 0.5) is 5.69 Å². The monoisotopic (exact) mass is 164 g/mol. The smallest absolute Gasteiger partial charge is 0.237 e. The Morgan fingerprint density at radius 1 is 1.50 bits per heavy atom. The van der Waals surface area contributed by atoms with Gasteiger partial charge in [0, 0.05) is 12.7 Å². The Bertz CT molecular complexity index is 310. The molecule has 1 aromatic rings. The van der Waals surface area contributed by atoms with Gasteiger partial charge < -0.3 is 10.1 Å². The molecule has 1 aliphatic rings. The third kappa shape index (κ3) is 1.02. The molecule has 64 valence electrons. The zero-order chi connectivity index (χ0) is 8.55. The molecule has 0 saturated heterocycles. The van der Waals surface area contributed by atoms with E-state index in [0.29, 0.717) is 6.61 Å². The van der Waals surface area contributed by atoms with Gasteiger partial charge in [-0.2, -0.15) is 0 Å². The first-order valence-electron chi connectivity index (χ1n) is 4.12. The Labute approximate surface area is 71.8 Å². The number of fused-ring (bicyclic) bond motifs is 1. The van der Waals surface area contributed by atoms with E-state index in [-0.39, 0.29) is 0 Å². The second kappa shape index (κ2) is 2.66. The van der Waals surface area contributed by atoms with Gasteiger partial charge in [0.05, 0.1) is 0 Å². The van der Waals surface area contributed by atoms with Gasteiger partial charge in [-0.25, -0.2) is 4.98 Å². The lowest BCUT2D eigenvalue weighted by atomic mass is 10.1. The SMILES string of the molecule is Cc1cnc2c(c1C)NCCO2.